The van der Waals surface area contributed by atoms with Gasteiger partial charge in [-0.05, 0) is 23.9 Å². The molecular formula is C12H16N2O3S2. The summed E-state index contributed by atoms with van der Waals surface area (Å²) < 4.78 is 25.8. The zero-order valence-corrected chi connectivity index (χ0v) is 12.2. The van der Waals surface area contributed by atoms with Gasteiger partial charge in [0.05, 0.1) is 11.5 Å². The standard InChI is InChI=1S/C12H16N2O3S2/c1-14(5-4-11-3-2-6-18-11)19(16,17)12-7-10(9-15)13-8-12/h2-3,6-8,13,15H,4-5,9H2,1H3. The Hall–Kier alpha value is -1.15. The Morgan fingerprint density at radius 3 is 2.84 bits per heavy atom. The molecule has 0 bridgehead atoms. The number of aliphatic hydroxyl groups excluding tert-OH is 1. The number of rotatable bonds is 6. The molecule has 2 heterocycles. The first-order valence-electron chi connectivity index (χ1n) is 5.81. The van der Waals surface area contributed by atoms with Crippen molar-refractivity contribution >= 4 is 21.4 Å². The fourth-order valence-corrected chi connectivity index (χ4v) is 3.57. The lowest BCUT2D eigenvalue weighted by Gasteiger charge is -2.15. The maximum absolute atomic E-state index is 12.2. The summed E-state index contributed by atoms with van der Waals surface area (Å²) in [5.74, 6) is 0. The highest BCUT2D eigenvalue weighted by atomic mass is 32.2. The number of hydrogen-bond donors (Lipinski definition) is 2. The maximum atomic E-state index is 12.2. The minimum Gasteiger partial charge on any atom is -0.390 e. The number of H-pyrrole nitrogens is 1. The SMILES string of the molecule is CN(CCc1cccs1)S(=O)(=O)c1c[nH]c(CO)c1. The molecule has 19 heavy (non-hydrogen) atoms. The largest absolute Gasteiger partial charge is 0.390 e. The lowest BCUT2D eigenvalue weighted by molar-refractivity contribution is 0.277. The third-order valence-electron chi connectivity index (χ3n) is 2.85. The summed E-state index contributed by atoms with van der Waals surface area (Å²) in [7, 11) is -1.92. The molecule has 0 atom stereocenters. The summed E-state index contributed by atoms with van der Waals surface area (Å²) in [4.78, 5) is 4.08. The Balaban J connectivity index is 2.06. The molecule has 0 saturated carbocycles. The van der Waals surface area contributed by atoms with Crippen molar-refractivity contribution in [1.29, 1.82) is 0 Å². The van der Waals surface area contributed by atoms with E-state index in [0.717, 1.165) is 4.88 Å². The van der Waals surface area contributed by atoms with E-state index in [4.69, 9.17) is 5.11 Å². The quantitative estimate of drug-likeness (QED) is 0.847. The van der Waals surface area contributed by atoms with Crippen LogP contribution in [0.3, 0.4) is 0 Å². The second-order valence-electron chi connectivity index (χ2n) is 4.17. The van der Waals surface area contributed by atoms with Gasteiger partial charge in [-0.25, -0.2) is 12.7 Å². The minimum atomic E-state index is -3.49. The van der Waals surface area contributed by atoms with E-state index in [1.807, 2.05) is 17.5 Å². The molecule has 2 aromatic heterocycles. The number of nitrogens with one attached hydrogen (secondary N) is 1. The van der Waals surface area contributed by atoms with Crippen molar-refractivity contribution in [2.45, 2.75) is 17.9 Å². The van der Waals surface area contributed by atoms with Crippen molar-refractivity contribution in [3.63, 3.8) is 0 Å². The lowest BCUT2D eigenvalue weighted by Crippen LogP contribution is -2.28. The van der Waals surface area contributed by atoms with Crippen molar-refractivity contribution in [2.24, 2.45) is 0 Å². The van der Waals surface area contributed by atoms with Gasteiger partial charge in [-0.15, -0.1) is 11.3 Å². The number of aromatic amines is 1. The maximum Gasteiger partial charge on any atom is 0.244 e. The molecule has 0 aliphatic carbocycles. The molecule has 2 rings (SSSR count). The van der Waals surface area contributed by atoms with Crippen LogP contribution in [0.2, 0.25) is 0 Å². The highest BCUT2D eigenvalue weighted by Crippen LogP contribution is 2.17. The second-order valence-corrected chi connectivity index (χ2v) is 7.25. The Morgan fingerprint density at radius 1 is 1.47 bits per heavy atom. The van der Waals surface area contributed by atoms with Crippen LogP contribution in [0.25, 0.3) is 0 Å². The van der Waals surface area contributed by atoms with E-state index in [1.54, 1.807) is 18.4 Å². The summed E-state index contributed by atoms with van der Waals surface area (Å²) in [5.41, 5.74) is 0.491. The van der Waals surface area contributed by atoms with Crippen LogP contribution in [-0.4, -0.2) is 36.4 Å². The minimum absolute atomic E-state index is 0.185. The van der Waals surface area contributed by atoms with Crippen molar-refractivity contribution < 1.29 is 13.5 Å². The average Bonchev–Trinajstić information content (AvgIpc) is 3.06. The van der Waals surface area contributed by atoms with Gasteiger partial charge in [0, 0.05) is 30.4 Å². The summed E-state index contributed by atoms with van der Waals surface area (Å²) in [6.07, 6.45) is 2.10. The predicted octanol–water partition coefficient (Wildman–Crippen LogP) is 1.43. The van der Waals surface area contributed by atoms with E-state index in [-0.39, 0.29) is 11.5 Å². The Labute approximate surface area is 116 Å². The van der Waals surface area contributed by atoms with Crippen LogP contribution >= 0.6 is 11.3 Å². The second kappa shape index (κ2) is 5.87. The number of sulfonamides is 1. The van der Waals surface area contributed by atoms with Gasteiger partial charge in [0.1, 0.15) is 0 Å². The van der Waals surface area contributed by atoms with Crippen LogP contribution in [0.5, 0.6) is 0 Å². The molecular weight excluding hydrogens is 284 g/mol. The molecule has 0 unspecified atom stereocenters. The van der Waals surface area contributed by atoms with Crippen LogP contribution in [0.4, 0.5) is 0 Å². The summed E-state index contributed by atoms with van der Waals surface area (Å²) in [5, 5.41) is 10.9. The first kappa shape index (κ1) is 14.3. The van der Waals surface area contributed by atoms with Gasteiger partial charge in [0.15, 0.2) is 0 Å². The molecule has 2 N–H and O–H groups in total. The topological polar surface area (TPSA) is 73.4 Å². The zero-order chi connectivity index (χ0) is 13.9. The number of thiophene rings is 1. The smallest absolute Gasteiger partial charge is 0.244 e. The monoisotopic (exact) mass is 300 g/mol. The van der Waals surface area contributed by atoms with Crippen LogP contribution in [0.15, 0.2) is 34.7 Å². The van der Waals surface area contributed by atoms with Gasteiger partial charge in [0.25, 0.3) is 0 Å². The van der Waals surface area contributed by atoms with Crippen LogP contribution < -0.4 is 0 Å². The van der Waals surface area contributed by atoms with Gasteiger partial charge >= 0.3 is 0 Å². The molecule has 0 amide bonds. The highest BCUT2D eigenvalue weighted by molar-refractivity contribution is 7.89. The van der Waals surface area contributed by atoms with E-state index in [1.165, 1.54) is 16.6 Å². The highest BCUT2D eigenvalue weighted by Gasteiger charge is 2.21. The molecule has 0 aliphatic rings. The van der Waals surface area contributed by atoms with Gasteiger partial charge in [0.2, 0.25) is 10.0 Å². The third kappa shape index (κ3) is 3.24. The molecule has 0 aromatic carbocycles. The van der Waals surface area contributed by atoms with Gasteiger partial charge in [-0.3, -0.25) is 0 Å². The molecule has 7 heteroatoms. The summed E-state index contributed by atoms with van der Waals surface area (Å²) >= 11 is 1.62. The zero-order valence-electron chi connectivity index (χ0n) is 10.5. The summed E-state index contributed by atoms with van der Waals surface area (Å²) in [6, 6.07) is 5.40. The van der Waals surface area contributed by atoms with E-state index in [9.17, 15) is 8.42 Å². The molecule has 2 aromatic rings. The summed E-state index contributed by atoms with van der Waals surface area (Å²) in [6.45, 7) is 0.233. The predicted molar refractivity (Wildman–Crippen MR) is 74.6 cm³/mol. The number of aromatic nitrogens is 1. The molecule has 5 nitrogen and oxygen atoms in total. The Bertz CT molecular complexity index is 617. The lowest BCUT2D eigenvalue weighted by atomic mass is 10.3. The van der Waals surface area contributed by atoms with Crippen molar-refractivity contribution in [2.75, 3.05) is 13.6 Å². The molecule has 0 radical (unpaired) electrons. The average molecular weight is 300 g/mol. The van der Waals surface area contributed by atoms with Gasteiger partial charge in [-0.1, -0.05) is 6.07 Å². The van der Waals surface area contributed by atoms with Crippen molar-refractivity contribution in [3.05, 3.63) is 40.3 Å². The molecule has 0 saturated heterocycles. The van der Waals surface area contributed by atoms with E-state index >= 15 is 0 Å². The van der Waals surface area contributed by atoms with Crippen LogP contribution in [0, 0.1) is 0 Å². The molecule has 0 spiro atoms. The van der Waals surface area contributed by atoms with E-state index in [2.05, 4.69) is 4.98 Å². The normalized spacial score (nSPS) is 12.2. The van der Waals surface area contributed by atoms with E-state index in [0.29, 0.717) is 18.7 Å². The number of aliphatic hydroxyl groups is 1. The van der Waals surface area contributed by atoms with Crippen LogP contribution in [-0.2, 0) is 23.1 Å². The Kier molecular flexibility index (Phi) is 4.41. The van der Waals surface area contributed by atoms with Crippen molar-refractivity contribution in [3.8, 4) is 0 Å². The number of likely N-dealkylation sites (N-methyl/N-ethyl adjacent to an activating group) is 1. The first-order valence-corrected chi connectivity index (χ1v) is 8.13. The fourth-order valence-electron chi connectivity index (χ4n) is 1.68. The Morgan fingerprint density at radius 2 is 2.26 bits per heavy atom. The molecule has 104 valence electrons. The molecule has 0 aliphatic heterocycles. The van der Waals surface area contributed by atoms with E-state index < -0.39 is 10.0 Å². The number of hydrogen-bond acceptors (Lipinski definition) is 4. The third-order valence-corrected chi connectivity index (χ3v) is 5.62. The number of nitrogens with zero attached hydrogens (tertiary/aromatic N) is 1. The van der Waals surface area contributed by atoms with Gasteiger partial charge in [-0.2, -0.15) is 0 Å². The first-order chi connectivity index (χ1) is 9.04. The van der Waals surface area contributed by atoms with Crippen LogP contribution in [0.1, 0.15) is 10.6 Å². The molecule has 0 fully saturated rings. The fraction of sp³-hybridized carbons (Fsp3) is 0.333. The van der Waals surface area contributed by atoms with Crippen molar-refractivity contribution in [1.82, 2.24) is 9.29 Å². The van der Waals surface area contributed by atoms with Gasteiger partial charge < -0.3 is 10.1 Å².